The number of nitrogens with zero attached hydrogens (tertiary/aromatic N) is 4. The predicted molar refractivity (Wildman–Crippen MR) is 72.1 cm³/mol. The zero-order valence-electron chi connectivity index (χ0n) is 11.3. The summed E-state index contributed by atoms with van der Waals surface area (Å²) >= 11 is 0. The van der Waals surface area contributed by atoms with E-state index in [4.69, 9.17) is 9.47 Å². The second kappa shape index (κ2) is 4.76. The van der Waals surface area contributed by atoms with Crippen molar-refractivity contribution in [3.8, 4) is 11.5 Å². The number of amides is 1. The molecule has 108 valence electrons. The Balaban J connectivity index is 1.51. The Morgan fingerprint density at radius 1 is 1.19 bits per heavy atom. The molecule has 1 saturated heterocycles. The summed E-state index contributed by atoms with van der Waals surface area (Å²) in [7, 11) is 0. The summed E-state index contributed by atoms with van der Waals surface area (Å²) in [6.07, 6.45) is 4.18. The van der Waals surface area contributed by atoms with Gasteiger partial charge < -0.3 is 14.4 Å². The predicted octanol–water partition coefficient (Wildman–Crippen LogP) is 1.09. The van der Waals surface area contributed by atoms with Gasteiger partial charge in [0.1, 0.15) is 0 Å². The maximum Gasteiger partial charge on any atom is 0.254 e. The number of fused-ring (bicyclic) bond motifs is 1. The Bertz CT molecular complexity index is 671. The van der Waals surface area contributed by atoms with Crippen LogP contribution in [0, 0.1) is 0 Å². The average Bonchev–Trinajstić information content (AvgIpc) is 3.24. The monoisotopic (exact) mass is 286 g/mol. The summed E-state index contributed by atoms with van der Waals surface area (Å²) in [6.45, 7) is 1.55. The summed E-state index contributed by atoms with van der Waals surface area (Å²) in [6, 6.07) is 5.44. The molecule has 2 aromatic rings. The van der Waals surface area contributed by atoms with Gasteiger partial charge in [0, 0.05) is 18.7 Å². The molecule has 21 heavy (non-hydrogen) atoms. The SMILES string of the molecule is O=C(c1ccc2c(c1)OCO2)N1CC[C@H](n2nccn2)C1. The zero-order valence-corrected chi connectivity index (χ0v) is 11.3. The van der Waals surface area contributed by atoms with Crippen LogP contribution in [0.5, 0.6) is 11.5 Å². The van der Waals surface area contributed by atoms with Gasteiger partial charge in [-0.15, -0.1) is 0 Å². The minimum atomic E-state index is 0.00274. The van der Waals surface area contributed by atoms with E-state index in [2.05, 4.69) is 10.2 Å². The first-order valence-corrected chi connectivity index (χ1v) is 6.86. The van der Waals surface area contributed by atoms with Crippen LogP contribution in [-0.2, 0) is 0 Å². The van der Waals surface area contributed by atoms with Crippen molar-refractivity contribution < 1.29 is 14.3 Å². The van der Waals surface area contributed by atoms with Crippen LogP contribution in [0.1, 0.15) is 22.8 Å². The van der Waals surface area contributed by atoms with Crippen molar-refractivity contribution in [2.45, 2.75) is 12.5 Å². The molecule has 1 atom stereocenters. The minimum Gasteiger partial charge on any atom is -0.454 e. The number of rotatable bonds is 2. The Hall–Kier alpha value is -2.57. The van der Waals surface area contributed by atoms with Crippen molar-refractivity contribution in [3.63, 3.8) is 0 Å². The molecule has 7 heteroatoms. The topological polar surface area (TPSA) is 69.5 Å². The highest BCUT2D eigenvalue weighted by atomic mass is 16.7. The Morgan fingerprint density at radius 3 is 2.86 bits per heavy atom. The molecule has 7 nitrogen and oxygen atoms in total. The fourth-order valence-electron chi connectivity index (χ4n) is 2.74. The molecule has 4 rings (SSSR count). The van der Waals surface area contributed by atoms with Gasteiger partial charge in [0.05, 0.1) is 18.4 Å². The minimum absolute atomic E-state index is 0.00274. The standard InChI is InChI=1S/C14H14N4O3/c19-14(10-1-2-12-13(7-10)21-9-20-12)17-6-3-11(8-17)18-15-4-5-16-18/h1-2,4-5,7,11H,3,6,8-9H2/t11-/m0/s1. The van der Waals surface area contributed by atoms with Crippen LogP contribution in [-0.4, -0.2) is 45.7 Å². The number of likely N-dealkylation sites (tertiary alicyclic amines) is 1. The number of aromatic nitrogens is 3. The first-order valence-electron chi connectivity index (χ1n) is 6.86. The van der Waals surface area contributed by atoms with Crippen molar-refractivity contribution in [3.05, 3.63) is 36.2 Å². The second-order valence-electron chi connectivity index (χ2n) is 5.11. The molecule has 1 aromatic heterocycles. The lowest BCUT2D eigenvalue weighted by molar-refractivity contribution is 0.0785. The fraction of sp³-hybridized carbons (Fsp3) is 0.357. The van der Waals surface area contributed by atoms with E-state index in [9.17, 15) is 4.79 Å². The van der Waals surface area contributed by atoms with Crippen LogP contribution < -0.4 is 9.47 Å². The van der Waals surface area contributed by atoms with Crippen LogP contribution in [0.4, 0.5) is 0 Å². The zero-order chi connectivity index (χ0) is 14.2. The average molecular weight is 286 g/mol. The molecule has 0 saturated carbocycles. The number of carbonyl (C=O) groups is 1. The van der Waals surface area contributed by atoms with Crippen molar-refractivity contribution in [1.29, 1.82) is 0 Å². The van der Waals surface area contributed by atoms with E-state index < -0.39 is 0 Å². The first-order chi connectivity index (χ1) is 10.3. The van der Waals surface area contributed by atoms with E-state index >= 15 is 0 Å². The second-order valence-corrected chi connectivity index (χ2v) is 5.11. The molecule has 2 aliphatic heterocycles. The van der Waals surface area contributed by atoms with Crippen LogP contribution in [0.15, 0.2) is 30.6 Å². The number of carbonyl (C=O) groups excluding carboxylic acids is 1. The molecule has 0 bridgehead atoms. The molecule has 1 fully saturated rings. The van der Waals surface area contributed by atoms with E-state index in [0.29, 0.717) is 30.2 Å². The van der Waals surface area contributed by atoms with E-state index in [0.717, 1.165) is 6.42 Å². The lowest BCUT2D eigenvalue weighted by Gasteiger charge is -2.16. The van der Waals surface area contributed by atoms with Crippen molar-refractivity contribution in [1.82, 2.24) is 19.9 Å². The molecule has 0 N–H and O–H groups in total. The van der Waals surface area contributed by atoms with Crippen molar-refractivity contribution in [2.75, 3.05) is 19.9 Å². The summed E-state index contributed by atoms with van der Waals surface area (Å²) < 4.78 is 10.6. The third-order valence-electron chi connectivity index (χ3n) is 3.83. The molecule has 0 unspecified atom stereocenters. The summed E-state index contributed by atoms with van der Waals surface area (Å²) in [5.74, 6) is 1.32. The van der Waals surface area contributed by atoms with Gasteiger partial charge in [0.25, 0.3) is 5.91 Å². The van der Waals surface area contributed by atoms with Gasteiger partial charge in [-0.2, -0.15) is 15.0 Å². The number of hydrogen-bond donors (Lipinski definition) is 0. The normalized spacial score (nSPS) is 20.0. The fourth-order valence-corrected chi connectivity index (χ4v) is 2.74. The highest BCUT2D eigenvalue weighted by Gasteiger charge is 2.29. The molecule has 1 aromatic carbocycles. The highest BCUT2D eigenvalue weighted by molar-refractivity contribution is 5.95. The van der Waals surface area contributed by atoms with Gasteiger partial charge in [-0.1, -0.05) is 0 Å². The molecule has 1 amide bonds. The van der Waals surface area contributed by atoms with Gasteiger partial charge in [0.15, 0.2) is 11.5 Å². The molecule has 2 aliphatic rings. The molecule has 0 spiro atoms. The van der Waals surface area contributed by atoms with Crippen LogP contribution in [0.25, 0.3) is 0 Å². The van der Waals surface area contributed by atoms with Gasteiger partial charge >= 0.3 is 0 Å². The molecular weight excluding hydrogens is 272 g/mol. The smallest absolute Gasteiger partial charge is 0.254 e. The van der Waals surface area contributed by atoms with E-state index in [-0.39, 0.29) is 18.7 Å². The van der Waals surface area contributed by atoms with E-state index in [1.165, 1.54) is 0 Å². The highest BCUT2D eigenvalue weighted by Crippen LogP contribution is 2.33. The Labute approximate surface area is 121 Å². The van der Waals surface area contributed by atoms with Crippen LogP contribution in [0.3, 0.4) is 0 Å². The van der Waals surface area contributed by atoms with Gasteiger partial charge in [0.2, 0.25) is 6.79 Å². The lowest BCUT2D eigenvalue weighted by atomic mass is 10.2. The van der Waals surface area contributed by atoms with Gasteiger partial charge in [-0.3, -0.25) is 4.79 Å². The summed E-state index contributed by atoms with van der Waals surface area (Å²) in [4.78, 5) is 16.0. The Morgan fingerprint density at radius 2 is 2.00 bits per heavy atom. The molecule has 0 radical (unpaired) electrons. The number of ether oxygens (including phenoxy) is 2. The largest absolute Gasteiger partial charge is 0.454 e. The Kier molecular flexibility index (Phi) is 2.77. The molecule has 3 heterocycles. The maximum absolute atomic E-state index is 12.5. The number of benzene rings is 1. The van der Waals surface area contributed by atoms with E-state index in [1.54, 1.807) is 35.4 Å². The number of hydrogen-bond acceptors (Lipinski definition) is 5. The first kappa shape index (κ1) is 12.2. The van der Waals surface area contributed by atoms with Gasteiger partial charge in [-0.05, 0) is 24.6 Å². The van der Waals surface area contributed by atoms with Crippen molar-refractivity contribution in [2.24, 2.45) is 0 Å². The van der Waals surface area contributed by atoms with Crippen LogP contribution >= 0.6 is 0 Å². The quantitative estimate of drug-likeness (QED) is 0.826. The molecule has 0 aliphatic carbocycles. The third-order valence-corrected chi connectivity index (χ3v) is 3.83. The van der Waals surface area contributed by atoms with E-state index in [1.807, 2.05) is 4.90 Å². The lowest BCUT2D eigenvalue weighted by Crippen LogP contribution is -2.29. The third kappa shape index (κ3) is 2.10. The van der Waals surface area contributed by atoms with Crippen LogP contribution in [0.2, 0.25) is 0 Å². The summed E-state index contributed by atoms with van der Waals surface area (Å²) in [5, 5.41) is 8.29. The summed E-state index contributed by atoms with van der Waals surface area (Å²) in [5.41, 5.74) is 0.619. The van der Waals surface area contributed by atoms with Gasteiger partial charge in [-0.25, -0.2) is 0 Å². The maximum atomic E-state index is 12.5. The van der Waals surface area contributed by atoms with Crippen molar-refractivity contribution >= 4 is 5.91 Å². The molecular formula is C14H14N4O3.